The Morgan fingerprint density at radius 1 is 1.17 bits per heavy atom. The van der Waals surface area contributed by atoms with Crippen LogP contribution in [0.2, 0.25) is 0 Å². The molecule has 3 N–H and O–H groups in total. The van der Waals surface area contributed by atoms with Gasteiger partial charge in [-0.3, -0.25) is 4.90 Å². The molecule has 0 amide bonds. The Labute approximate surface area is 217 Å². The van der Waals surface area contributed by atoms with Crippen LogP contribution in [0.1, 0.15) is 97.0 Å². The maximum absolute atomic E-state index is 12.5. The van der Waals surface area contributed by atoms with Crippen LogP contribution in [-0.2, 0) is 5.60 Å². The van der Waals surface area contributed by atoms with Crippen molar-refractivity contribution in [2.75, 3.05) is 19.6 Å². The first-order chi connectivity index (χ1) is 17.3. The van der Waals surface area contributed by atoms with Crippen molar-refractivity contribution in [3.8, 4) is 5.95 Å². The fraction of sp³-hybridized carbons (Fsp3) is 0.806. The number of ether oxygens (including phenoxy) is 1. The van der Waals surface area contributed by atoms with Crippen molar-refractivity contribution in [3.63, 3.8) is 0 Å². The van der Waals surface area contributed by atoms with Crippen molar-refractivity contribution in [2.24, 2.45) is 40.2 Å². The minimum Gasteiger partial charge on any atom is -0.446 e. The van der Waals surface area contributed by atoms with Gasteiger partial charge in [-0.05, 0) is 119 Å². The number of hydrogen-bond acceptors (Lipinski definition) is 5. The van der Waals surface area contributed by atoms with Crippen molar-refractivity contribution in [1.29, 1.82) is 0 Å². The molecule has 5 heteroatoms. The van der Waals surface area contributed by atoms with E-state index in [-0.39, 0.29) is 11.6 Å². The van der Waals surface area contributed by atoms with Crippen LogP contribution in [0.5, 0.6) is 5.95 Å². The van der Waals surface area contributed by atoms with Gasteiger partial charge in [0.2, 0.25) is 0 Å². The third-order valence-electron chi connectivity index (χ3n) is 11.9. The second kappa shape index (κ2) is 9.17. The maximum atomic E-state index is 12.5. The minimum absolute atomic E-state index is 0.0311. The first-order valence-corrected chi connectivity index (χ1v) is 14.9. The second-order valence-electron chi connectivity index (χ2n) is 13.4. The lowest BCUT2D eigenvalue weighted by molar-refractivity contribution is -0.131. The molecule has 3 unspecified atom stereocenters. The van der Waals surface area contributed by atoms with E-state index in [1.807, 2.05) is 6.07 Å². The molecule has 6 rings (SSSR count). The van der Waals surface area contributed by atoms with Gasteiger partial charge in [0.05, 0.1) is 11.8 Å². The molecule has 0 radical (unpaired) electrons. The molecule has 0 aromatic carbocycles. The molecule has 1 saturated heterocycles. The Morgan fingerprint density at radius 3 is 2.72 bits per heavy atom. The molecule has 8 atom stereocenters. The highest BCUT2D eigenvalue weighted by Gasteiger charge is 2.65. The molecule has 5 aliphatic rings. The Hall–Kier alpha value is -1.30. The number of nitrogens with zero attached hydrogens (tertiary/aromatic N) is 1. The normalized spacial score (nSPS) is 43.4. The summed E-state index contributed by atoms with van der Waals surface area (Å²) in [5, 5.41) is 12.5. The Morgan fingerprint density at radius 2 is 1.94 bits per heavy atom. The number of aliphatic hydroxyl groups is 1. The lowest BCUT2D eigenvalue weighted by atomic mass is 9.46. The van der Waals surface area contributed by atoms with Crippen molar-refractivity contribution in [1.82, 2.24) is 4.90 Å². The zero-order valence-corrected chi connectivity index (χ0v) is 22.8. The molecule has 200 valence electrons. The molecule has 3 saturated carbocycles. The van der Waals surface area contributed by atoms with E-state index in [4.69, 9.17) is 14.9 Å². The van der Waals surface area contributed by atoms with E-state index in [1.54, 1.807) is 11.8 Å². The van der Waals surface area contributed by atoms with Crippen LogP contribution in [0.3, 0.4) is 0 Å². The fourth-order valence-electron chi connectivity index (χ4n) is 9.86. The molecule has 4 fully saturated rings. The highest BCUT2D eigenvalue weighted by molar-refractivity contribution is 5.36. The molecule has 2 heterocycles. The van der Waals surface area contributed by atoms with Crippen LogP contribution in [0.15, 0.2) is 28.4 Å². The predicted octanol–water partition coefficient (Wildman–Crippen LogP) is 6.22. The summed E-state index contributed by atoms with van der Waals surface area (Å²) in [6, 6.07) is 1.99. The highest BCUT2D eigenvalue weighted by atomic mass is 16.6. The largest absolute Gasteiger partial charge is 0.446 e. The molecular weight excluding hydrogens is 448 g/mol. The number of furan rings is 1. The monoisotopic (exact) mass is 496 g/mol. The summed E-state index contributed by atoms with van der Waals surface area (Å²) in [6.07, 6.45) is 17.2. The van der Waals surface area contributed by atoms with Crippen molar-refractivity contribution < 1.29 is 14.3 Å². The van der Waals surface area contributed by atoms with Gasteiger partial charge in [-0.1, -0.05) is 25.5 Å². The fourth-order valence-corrected chi connectivity index (χ4v) is 9.86. The van der Waals surface area contributed by atoms with Gasteiger partial charge < -0.3 is 20.0 Å². The molecule has 4 aliphatic carbocycles. The quantitative estimate of drug-likeness (QED) is 0.458. The van der Waals surface area contributed by atoms with Gasteiger partial charge in [0.25, 0.3) is 5.95 Å². The number of likely N-dealkylation sites (tertiary alicyclic amines) is 1. The van der Waals surface area contributed by atoms with E-state index in [2.05, 4.69) is 31.7 Å². The molecule has 36 heavy (non-hydrogen) atoms. The molecule has 1 aliphatic heterocycles. The summed E-state index contributed by atoms with van der Waals surface area (Å²) in [5.74, 6) is 3.23. The molecular formula is C31H48N2O3. The summed E-state index contributed by atoms with van der Waals surface area (Å²) in [4.78, 5) is 2.37. The van der Waals surface area contributed by atoms with E-state index in [1.165, 1.54) is 51.4 Å². The highest BCUT2D eigenvalue weighted by Crippen LogP contribution is 2.70. The third-order valence-corrected chi connectivity index (χ3v) is 11.9. The summed E-state index contributed by atoms with van der Waals surface area (Å²) in [7, 11) is 0. The zero-order valence-electron chi connectivity index (χ0n) is 22.8. The van der Waals surface area contributed by atoms with E-state index in [0.29, 0.717) is 23.2 Å². The van der Waals surface area contributed by atoms with Crippen molar-refractivity contribution in [3.05, 3.63) is 29.5 Å². The SMILES string of the molecule is CC(Oc1occc1C1(O)CC[C@H]2[C@@H]3CC=C4CCC(CCN)C[C@]4(C)[C@@H]3CC[C@@]21C)N1CCCC1. The van der Waals surface area contributed by atoms with Gasteiger partial charge >= 0.3 is 0 Å². The maximum Gasteiger partial charge on any atom is 0.292 e. The third kappa shape index (κ3) is 3.66. The van der Waals surface area contributed by atoms with Gasteiger partial charge in [-0.15, -0.1) is 0 Å². The van der Waals surface area contributed by atoms with E-state index >= 15 is 0 Å². The van der Waals surface area contributed by atoms with Crippen LogP contribution in [0.4, 0.5) is 0 Å². The molecule has 0 spiro atoms. The second-order valence-corrected chi connectivity index (χ2v) is 13.4. The number of fused-ring (bicyclic) bond motifs is 5. The van der Waals surface area contributed by atoms with Crippen LogP contribution >= 0.6 is 0 Å². The minimum atomic E-state index is -0.894. The number of allylic oxidation sites excluding steroid dienone is 2. The van der Waals surface area contributed by atoms with Crippen LogP contribution in [0, 0.1) is 34.5 Å². The number of rotatable bonds is 6. The number of hydrogen-bond donors (Lipinski definition) is 2. The Balaban J connectivity index is 1.26. The standard InChI is InChI=1S/C31H48N2O3/c1-21(33-17-4-5-18-33)36-28-27(13-19-35-28)31(34)15-11-26-24-9-8-23-7-6-22(12-16-32)20-29(23,2)25(24)10-14-30(26,31)3/h8,13,19,21-22,24-26,34H,4-7,9-12,14-18,20,32H2,1-3H3/t21?,22?,24-,25-,26+,29+,30+,31?/m1/s1. The lowest BCUT2D eigenvalue weighted by Gasteiger charge is -2.59. The first-order valence-electron chi connectivity index (χ1n) is 14.9. The summed E-state index contributed by atoms with van der Waals surface area (Å²) < 4.78 is 12.3. The zero-order chi connectivity index (χ0) is 25.1. The average molecular weight is 497 g/mol. The van der Waals surface area contributed by atoms with E-state index in [0.717, 1.165) is 56.3 Å². The molecule has 0 bridgehead atoms. The number of nitrogens with two attached hydrogens (primary N) is 1. The molecule has 1 aromatic heterocycles. The van der Waals surface area contributed by atoms with Crippen LogP contribution in [-0.4, -0.2) is 35.9 Å². The smallest absolute Gasteiger partial charge is 0.292 e. The van der Waals surface area contributed by atoms with Crippen LogP contribution in [0.25, 0.3) is 0 Å². The Kier molecular flexibility index (Phi) is 6.37. The average Bonchev–Trinajstić information content (AvgIpc) is 3.60. The van der Waals surface area contributed by atoms with Gasteiger partial charge in [0.15, 0.2) is 6.23 Å². The van der Waals surface area contributed by atoms with Gasteiger partial charge in [-0.2, -0.15) is 0 Å². The summed E-state index contributed by atoms with van der Waals surface area (Å²) in [6.45, 7) is 10.0. The molecule has 1 aromatic rings. The lowest BCUT2D eigenvalue weighted by Crippen LogP contribution is -2.53. The van der Waals surface area contributed by atoms with E-state index < -0.39 is 5.60 Å². The summed E-state index contributed by atoms with van der Waals surface area (Å²) >= 11 is 0. The topological polar surface area (TPSA) is 71.9 Å². The first kappa shape index (κ1) is 25.0. The van der Waals surface area contributed by atoms with Crippen molar-refractivity contribution in [2.45, 2.75) is 103 Å². The van der Waals surface area contributed by atoms with Gasteiger partial charge in [-0.25, -0.2) is 0 Å². The Bertz CT molecular complexity index is 982. The van der Waals surface area contributed by atoms with Gasteiger partial charge in [0, 0.05) is 18.5 Å². The molecule has 5 nitrogen and oxygen atoms in total. The summed E-state index contributed by atoms with van der Waals surface area (Å²) in [5.41, 5.74) is 7.87. The van der Waals surface area contributed by atoms with Gasteiger partial charge in [0.1, 0.15) is 5.60 Å². The van der Waals surface area contributed by atoms with Crippen LogP contribution < -0.4 is 10.5 Å². The predicted molar refractivity (Wildman–Crippen MR) is 142 cm³/mol. The van der Waals surface area contributed by atoms with Crippen molar-refractivity contribution >= 4 is 0 Å². The van der Waals surface area contributed by atoms with E-state index in [9.17, 15) is 5.11 Å².